The number of esters is 1. The molecule has 0 aliphatic heterocycles. The van der Waals surface area contributed by atoms with Gasteiger partial charge in [-0.2, -0.15) is 0 Å². The van der Waals surface area contributed by atoms with Crippen molar-refractivity contribution in [3.8, 4) is 0 Å². The molecule has 0 atom stereocenters. The van der Waals surface area contributed by atoms with Crippen LogP contribution in [-0.4, -0.2) is 43.8 Å². The van der Waals surface area contributed by atoms with Gasteiger partial charge in [0.15, 0.2) is 0 Å². The molecule has 1 aromatic rings. The SMILES string of the molecule is C=C(CN(CC)CC)C(=O)OCCCc1ccc(CCCF)cc1. The second-order valence-corrected chi connectivity index (χ2v) is 5.91. The first-order valence-corrected chi connectivity index (χ1v) is 8.81. The smallest absolute Gasteiger partial charge is 0.334 e. The van der Waals surface area contributed by atoms with E-state index < -0.39 is 0 Å². The quantitative estimate of drug-likeness (QED) is 0.329. The third-order valence-corrected chi connectivity index (χ3v) is 4.06. The van der Waals surface area contributed by atoms with Gasteiger partial charge in [-0.25, -0.2) is 4.79 Å². The number of halogens is 1. The number of hydrogen-bond acceptors (Lipinski definition) is 3. The zero-order valence-electron chi connectivity index (χ0n) is 15.0. The molecule has 0 unspecified atom stereocenters. The van der Waals surface area contributed by atoms with E-state index in [1.54, 1.807) is 0 Å². The molecule has 0 aliphatic rings. The number of aryl methyl sites for hydroxylation is 2. The summed E-state index contributed by atoms with van der Waals surface area (Å²) < 4.78 is 17.4. The first-order chi connectivity index (χ1) is 11.6. The van der Waals surface area contributed by atoms with Gasteiger partial charge in [-0.1, -0.05) is 44.7 Å². The number of likely N-dealkylation sites (N-methyl/N-ethyl adjacent to an activating group) is 1. The second kappa shape index (κ2) is 11.8. The van der Waals surface area contributed by atoms with E-state index in [-0.39, 0.29) is 12.6 Å². The molecule has 0 aliphatic carbocycles. The molecule has 0 aromatic heterocycles. The van der Waals surface area contributed by atoms with E-state index in [4.69, 9.17) is 4.74 Å². The Balaban J connectivity index is 2.25. The van der Waals surface area contributed by atoms with Crippen molar-refractivity contribution >= 4 is 5.97 Å². The Morgan fingerprint density at radius 2 is 1.62 bits per heavy atom. The third-order valence-electron chi connectivity index (χ3n) is 4.06. The Morgan fingerprint density at radius 3 is 2.12 bits per heavy atom. The lowest BCUT2D eigenvalue weighted by Gasteiger charge is -2.18. The topological polar surface area (TPSA) is 29.5 Å². The number of carbonyl (C=O) groups is 1. The first kappa shape index (κ1) is 20.4. The Morgan fingerprint density at radius 1 is 1.08 bits per heavy atom. The predicted octanol–water partition coefficient (Wildman–Crippen LogP) is 3.96. The Kier molecular flexibility index (Phi) is 10.0. The summed E-state index contributed by atoms with van der Waals surface area (Å²) in [7, 11) is 0. The molecule has 1 aromatic carbocycles. The van der Waals surface area contributed by atoms with Gasteiger partial charge in [0.1, 0.15) is 0 Å². The molecule has 0 fully saturated rings. The fourth-order valence-corrected chi connectivity index (χ4v) is 2.47. The summed E-state index contributed by atoms with van der Waals surface area (Å²) >= 11 is 0. The van der Waals surface area contributed by atoms with Crippen molar-refractivity contribution < 1.29 is 13.9 Å². The summed E-state index contributed by atoms with van der Waals surface area (Å²) in [5.74, 6) is -0.302. The van der Waals surface area contributed by atoms with E-state index in [1.807, 2.05) is 12.1 Å². The summed E-state index contributed by atoms with van der Waals surface area (Å²) in [4.78, 5) is 14.0. The summed E-state index contributed by atoms with van der Waals surface area (Å²) in [6.45, 7) is 10.4. The molecule has 0 heterocycles. The maximum absolute atomic E-state index is 12.1. The minimum Gasteiger partial charge on any atom is -0.462 e. The van der Waals surface area contributed by atoms with Crippen molar-refractivity contribution in [1.29, 1.82) is 0 Å². The molecule has 0 saturated carbocycles. The van der Waals surface area contributed by atoms with Crippen LogP contribution in [0.15, 0.2) is 36.4 Å². The number of nitrogens with zero attached hydrogens (tertiary/aromatic N) is 1. The van der Waals surface area contributed by atoms with Crippen molar-refractivity contribution in [2.24, 2.45) is 0 Å². The van der Waals surface area contributed by atoms with Crippen LogP contribution in [0.5, 0.6) is 0 Å². The summed E-state index contributed by atoms with van der Waals surface area (Å²) in [5.41, 5.74) is 2.88. The summed E-state index contributed by atoms with van der Waals surface area (Å²) in [6.07, 6.45) is 3.00. The average molecular weight is 335 g/mol. The predicted molar refractivity (Wildman–Crippen MR) is 96.9 cm³/mol. The molecule has 0 N–H and O–H groups in total. The van der Waals surface area contributed by atoms with E-state index in [1.165, 1.54) is 5.56 Å². The van der Waals surface area contributed by atoms with Gasteiger partial charge in [0, 0.05) is 12.1 Å². The number of carbonyl (C=O) groups excluding carboxylic acids is 1. The van der Waals surface area contributed by atoms with Gasteiger partial charge in [0.2, 0.25) is 0 Å². The van der Waals surface area contributed by atoms with Crippen LogP contribution in [-0.2, 0) is 22.4 Å². The van der Waals surface area contributed by atoms with E-state index in [9.17, 15) is 9.18 Å². The zero-order valence-corrected chi connectivity index (χ0v) is 15.0. The molecule has 0 bridgehead atoms. The lowest BCUT2D eigenvalue weighted by atomic mass is 10.0. The van der Waals surface area contributed by atoms with Gasteiger partial charge in [-0.3, -0.25) is 9.29 Å². The molecule has 134 valence electrons. The van der Waals surface area contributed by atoms with Crippen molar-refractivity contribution in [3.05, 3.63) is 47.5 Å². The zero-order chi connectivity index (χ0) is 17.8. The summed E-state index contributed by atoms with van der Waals surface area (Å²) in [5, 5.41) is 0. The maximum Gasteiger partial charge on any atom is 0.334 e. The van der Waals surface area contributed by atoms with E-state index in [0.717, 1.165) is 37.9 Å². The number of hydrogen-bond donors (Lipinski definition) is 0. The molecule has 0 radical (unpaired) electrons. The largest absolute Gasteiger partial charge is 0.462 e. The molecule has 0 spiro atoms. The molecule has 24 heavy (non-hydrogen) atoms. The van der Waals surface area contributed by atoms with Crippen molar-refractivity contribution in [1.82, 2.24) is 4.90 Å². The monoisotopic (exact) mass is 335 g/mol. The van der Waals surface area contributed by atoms with Crippen LogP contribution in [0.2, 0.25) is 0 Å². The minimum atomic E-state index is -0.302. The van der Waals surface area contributed by atoms with E-state index >= 15 is 0 Å². The molecule has 3 nitrogen and oxygen atoms in total. The van der Waals surface area contributed by atoms with Gasteiger partial charge in [-0.15, -0.1) is 0 Å². The fraction of sp³-hybridized carbons (Fsp3) is 0.550. The minimum absolute atomic E-state index is 0.271. The van der Waals surface area contributed by atoms with Crippen molar-refractivity contribution in [2.45, 2.75) is 39.5 Å². The normalized spacial score (nSPS) is 10.8. The van der Waals surface area contributed by atoms with Gasteiger partial charge >= 0.3 is 5.97 Å². The molecule has 0 amide bonds. The van der Waals surface area contributed by atoms with Crippen LogP contribution in [0.3, 0.4) is 0 Å². The van der Waals surface area contributed by atoms with Crippen LogP contribution >= 0.6 is 0 Å². The molecule has 1 rings (SSSR count). The van der Waals surface area contributed by atoms with Gasteiger partial charge in [0.05, 0.1) is 13.3 Å². The maximum atomic E-state index is 12.1. The second-order valence-electron chi connectivity index (χ2n) is 5.91. The fourth-order valence-electron chi connectivity index (χ4n) is 2.47. The van der Waals surface area contributed by atoms with Crippen molar-refractivity contribution in [2.75, 3.05) is 32.9 Å². The highest BCUT2D eigenvalue weighted by atomic mass is 19.1. The van der Waals surface area contributed by atoms with Gasteiger partial charge in [0.25, 0.3) is 0 Å². The lowest BCUT2D eigenvalue weighted by Crippen LogP contribution is -2.28. The Labute approximate surface area is 145 Å². The number of rotatable bonds is 12. The Hall–Kier alpha value is -1.68. The van der Waals surface area contributed by atoms with Crippen LogP contribution in [0.1, 0.15) is 37.8 Å². The number of ether oxygens (including phenoxy) is 1. The molecule has 0 saturated heterocycles. The average Bonchev–Trinajstić information content (AvgIpc) is 2.62. The van der Waals surface area contributed by atoms with Crippen LogP contribution in [0.4, 0.5) is 4.39 Å². The van der Waals surface area contributed by atoms with Crippen LogP contribution < -0.4 is 0 Å². The molecule has 4 heteroatoms. The highest BCUT2D eigenvalue weighted by molar-refractivity contribution is 5.88. The van der Waals surface area contributed by atoms with Crippen molar-refractivity contribution in [3.63, 3.8) is 0 Å². The highest BCUT2D eigenvalue weighted by Gasteiger charge is 2.11. The van der Waals surface area contributed by atoms with Gasteiger partial charge in [-0.05, 0) is 49.9 Å². The first-order valence-electron chi connectivity index (χ1n) is 8.81. The summed E-state index contributed by atoms with van der Waals surface area (Å²) in [6, 6.07) is 8.22. The number of benzene rings is 1. The van der Waals surface area contributed by atoms with Gasteiger partial charge < -0.3 is 4.74 Å². The third kappa shape index (κ3) is 7.73. The van der Waals surface area contributed by atoms with E-state index in [2.05, 4.69) is 37.5 Å². The standard InChI is InChI=1S/C20H30FNO2/c1-4-22(5-2)16-17(3)20(23)24-15-7-9-19-12-10-18(11-13-19)8-6-14-21/h10-13H,3-9,14-16H2,1-2H3. The highest BCUT2D eigenvalue weighted by Crippen LogP contribution is 2.09. The molecular weight excluding hydrogens is 305 g/mol. The lowest BCUT2D eigenvalue weighted by molar-refractivity contribution is -0.139. The number of alkyl halides is 1. The van der Waals surface area contributed by atoms with E-state index in [0.29, 0.717) is 25.1 Å². The molecular formula is C20H30FNO2. The Bertz CT molecular complexity index is 495. The van der Waals surface area contributed by atoms with Crippen LogP contribution in [0.25, 0.3) is 0 Å². The van der Waals surface area contributed by atoms with Crippen LogP contribution in [0, 0.1) is 0 Å².